The van der Waals surface area contributed by atoms with Gasteiger partial charge < -0.3 is 0 Å². The van der Waals surface area contributed by atoms with Gasteiger partial charge in [-0.2, -0.15) is 5.10 Å². The normalized spacial score (nSPS) is 10.5. The molecule has 0 unspecified atom stereocenters. The first kappa shape index (κ1) is 11.4. The topological polar surface area (TPSA) is 34.9 Å². The van der Waals surface area contributed by atoms with Crippen LogP contribution >= 0.6 is 0 Å². The lowest BCUT2D eigenvalue weighted by molar-refractivity contribution is 0.101. The number of carbonyl (C=O) groups is 1. The molecule has 88 valence electrons. The van der Waals surface area contributed by atoms with E-state index in [2.05, 4.69) is 5.10 Å². The molecule has 0 amide bonds. The number of ketones is 1. The van der Waals surface area contributed by atoms with Crippen LogP contribution in [0.5, 0.6) is 0 Å². The summed E-state index contributed by atoms with van der Waals surface area (Å²) >= 11 is 0. The third kappa shape index (κ3) is 2.55. The van der Waals surface area contributed by atoms with Gasteiger partial charge in [-0.3, -0.25) is 9.48 Å². The second-order valence-corrected chi connectivity index (χ2v) is 3.72. The lowest BCUT2D eigenvalue weighted by Crippen LogP contribution is -2.03. The summed E-state index contributed by atoms with van der Waals surface area (Å²) in [7, 11) is 0. The maximum atomic E-state index is 13.3. The van der Waals surface area contributed by atoms with E-state index in [9.17, 15) is 13.6 Å². The van der Waals surface area contributed by atoms with Gasteiger partial charge in [0.05, 0.1) is 18.3 Å². The Morgan fingerprint density at radius 2 is 2.18 bits per heavy atom. The summed E-state index contributed by atoms with van der Waals surface area (Å²) in [5.41, 5.74) is 0.644. The van der Waals surface area contributed by atoms with E-state index in [0.29, 0.717) is 5.56 Å². The van der Waals surface area contributed by atoms with Crippen LogP contribution in [0.25, 0.3) is 0 Å². The molecule has 0 aliphatic rings. The minimum Gasteiger partial charge on any atom is -0.294 e. The molecule has 0 N–H and O–H groups in total. The van der Waals surface area contributed by atoms with Gasteiger partial charge in [-0.15, -0.1) is 0 Å². The molecular formula is C12H10F2N2O. The average Bonchev–Trinajstić information content (AvgIpc) is 2.72. The van der Waals surface area contributed by atoms with E-state index in [1.807, 2.05) is 0 Å². The van der Waals surface area contributed by atoms with Crippen molar-refractivity contribution in [2.75, 3.05) is 0 Å². The molecule has 1 aromatic carbocycles. The fourth-order valence-corrected chi connectivity index (χ4v) is 1.47. The van der Waals surface area contributed by atoms with Gasteiger partial charge >= 0.3 is 0 Å². The summed E-state index contributed by atoms with van der Waals surface area (Å²) in [4.78, 5) is 11.0. The van der Waals surface area contributed by atoms with E-state index in [4.69, 9.17) is 0 Å². The van der Waals surface area contributed by atoms with Crippen LogP contribution in [0, 0.1) is 11.6 Å². The lowest BCUT2D eigenvalue weighted by Gasteiger charge is -2.03. The molecule has 0 atom stereocenters. The molecule has 1 heterocycles. The predicted octanol–water partition coefficient (Wildman–Crippen LogP) is 2.41. The highest BCUT2D eigenvalue weighted by atomic mass is 19.1. The van der Waals surface area contributed by atoms with Crippen LogP contribution in [-0.2, 0) is 6.54 Å². The van der Waals surface area contributed by atoms with Crippen molar-refractivity contribution in [3.8, 4) is 0 Å². The van der Waals surface area contributed by atoms with Crippen LogP contribution < -0.4 is 0 Å². The summed E-state index contributed by atoms with van der Waals surface area (Å²) in [5, 5.41) is 3.91. The van der Waals surface area contributed by atoms with Crippen molar-refractivity contribution in [2.45, 2.75) is 13.5 Å². The zero-order valence-corrected chi connectivity index (χ0v) is 9.15. The molecular weight excluding hydrogens is 226 g/mol. The zero-order valence-electron chi connectivity index (χ0n) is 9.15. The number of carbonyl (C=O) groups excluding carboxylic acids is 1. The largest absolute Gasteiger partial charge is 0.294 e. The summed E-state index contributed by atoms with van der Waals surface area (Å²) in [6, 6.07) is 3.24. The van der Waals surface area contributed by atoms with Gasteiger partial charge in [-0.25, -0.2) is 8.78 Å². The number of nitrogens with zero attached hydrogens (tertiary/aromatic N) is 2. The fourth-order valence-electron chi connectivity index (χ4n) is 1.47. The Hall–Kier alpha value is -2.04. The smallest absolute Gasteiger partial charge is 0.162 e. The first-order valence-electron chi connectivity index (χ1n) is 5.03. The van der Waals surface area contributed by atoms with Crippen LogP contribution in [0.4, 0.5) is 8.78 Å². The third-order valence-electron chi connectivity index (χ3n) is 2.38. The Morgan fingerprint density at radius 1 is 1.41 bits per heavy atom. The quantitative estimate of drug-likeness (QED) is 0.767. The van der Waals surface area contributed by atoms with Crippen LogP contribution in [0.3, 0.4) is 0 Å². The SMILES string of the molecule is CC(=O)c1cnn(Cc2cc(F)ccc2F)c1. The second kappa shape index (κ2) is 4.45. The van der Waals surface area contributed by atoms with Crippen LogP contribution in [0.1, 0.15) is 22.8 Å². The van der Waals surface area contributed by atoms with E-state index < -0.39 is 11.6 Å². The van der Waals surface area contributed by atoms with Crippen LogP contribution in [-0.4, -0.2) is 15.6 Å². The molecule has 0 saturated carbocycles. The number of hydrogen-bond acceptors (Lipinski definition) is 2. The molecule has 0 radical (unpaired) electrons. The fraction of sp³-hybridized carbons (Fsp3) is 0.167. The molecule has 0 saturated heterocycles. The Morgan fingerprint density at radius 3 is 2.82 bits per heavy atom. The minimum atomic E-state index is -0.500. The van der Waals surface area contributed by atoms with Crippen LogP contribution in [0.15, 0.2) is 30.6 Å². The van der Waals surface area contributed by atoms with E-state index in [1.165, 1.54) is 24.0 Å². The van der Waals surface area contributed by atoms with Gasteiger partial charge in [-0.05, 0) is 25.1 Å². The molecule has 2 rings (SSSR count). The highest BCUT2D eigenvalue weighted by Crippen LogP contribution is 2.11. The maximum absolute atomic E-state index is 13.3. The van der Waals surface area contributed by atoms with Crippen molar-refractivity contribution in [1.29, 1.82) is 0 Å². The number of rotatable bonds is 3. The summed E-state index contributed by atoms with van der Waals surface area (Å²) in [6.45, 7) is 1.51. The number of halogens is 2. The van der Waals surface area contributed by atoms with Crippen LogP contribution in [0.2, 0.25) is 0 Å². The van der Waals surface area contributed by atoms with Gasteiger partial charge in [0, 0.05) is 11.8 Å². The van der Waals surface area contributed by atoms with Crippen molar-refractivity contribution in [1.82, 2.24) is 9.78 Å². The third-order valence-corrected chi connectivity index (χ3v) is 2.38. The molecule has 5 heteroatoms. The zero-order chi connectivity index (χ0) is 12.4. The van der Waals surface area contributed by atoms with Crippen molar-refractivity contribution in [2.24, 2.45) is 0 Å². The van der Waals surface area contributed by atoms with Crippen molar-refractivity contribution in [3.63, 3.8) is 0 Å². The van der Waals surface area contributed by atoms with Crippen molar-refractivity contribution < 1.29 is 13.6 Å². The molecule has 17 heavy (non-hydrogen) atoms. The second-order valence-electron chi connectivity index (χ2n) is 3.72. The van der Waals surface area contributed by atoms with E-state index in [-0.39, 0.29) is 17.9 Å². The monoisotopic (exact) mass is 236 g/mol. The molecule has 0 fully saturated rings. The highest BCUT2D eigenvalue weighted by molar-refractivity contribution is 5.93. The van der Waals surface area contributed by atoms with E-state index in [1.54, 1.807) is 0 Å². The molecule has 0 bridgehead atoms. The Kier molecular flexibility index (Phi) is 2.99. The molecule has 0 aliphatic carbocycles. The standard InChI is InChI=1S/C12H10F2N2O/c1-8(17)10-5-15-16(7-10)6-9-4-11(13)2-3-12(9)14/h2-5,7H,6H2,1H3. The number of hydrogen-bond donors (Lipinski definition) is 0. The van der Waals surface area contributed by atoms with Crippen molar-refractivity contribution in [3.05, 3.63) is 53.4 Å². The predicted molar refractivity (Wildman–Crippen MR) is 57.7 cm³/mol. The Labute approximate surface area is 96.7 Å². The molecule has 3 nitrogen and oxygen atoms in total. The first-order chi connectivity index (χ1) is 8.06. The lowest BCUT2D eigenvalue weighted by atomic mass is 10.2. The summed E-state index contributed by atoms with van der Waals surface area (Å²) in [5.74, 6) is -1.11. The minimum absolute atomic E-state index is 0.0941. The van der Waals surface area contributed by atoms with Crippen molar-refractivity contribution >= 4 is 5.78 Å². The molecule has 0 spiro atoms. The Balaban J connectivity index is 2.25. The first-order valence-corrected chi connectivity index (χ1v) is 5.03. The van der Waals surface area contributed by atoms with Gasteiger partial charge in [0.2, 0.25) is 0 Å². The van der Waals surface area contributed by atoms with E-state index >= 15 is 0 Å². The number of aromatic nitrogens is 2. The number of benzene rings is 1. The molecule has 0 aliphatic heterocycles. The highest BCUT2D eigenvalue weighted by Gasteiger charge is 2.07. The van der Waals surface area contributed by atoms with Gasteiger partial charge in [0.25, 0.3) is 0 Å². The molecule has 1 aromatic heterocycles. The summed E-state index contributed by atoms with van der Waals surface area (Å²) < 4.78 is 27.7. The van der Waals surface area contributed by atoms with Gasteiger partial charge in [0.1, 0.15) is 11.6 Å². The maximum Gasteiger partial charge on any atom is 0.162 e. The molecule has 2 aromatic rings. The van der Waals surface area contributed by atoms with Gasteiger partial charge in [0.15, 0.2) is 5.78 Å². The van der Waals surface area contributed by atoms with Gasteiger partial charge in [-0.1, -0.05) is 0 Å². The Bertz CT molecular complexity index is 563. The number of Topliss-reactive ketones (excluding diaryl/α,β-unsaturated/α-hetero) is 1. The summed E-state index contributed by atoms with van der Waals surface area (Å²) in [6.07, 6.45) is 2.91. The van der Waals surface area contributed by atoms with E-state index in [0.717, 1.165) is 18.2 Å². The average molecular weight is 236 g/mol.